The molecule has 140 valence electrons. The molecule has 0 aliphatic rings. The van der Waals surface area contributed by atoms with E-state index >= 15 is 0 Å². The summed E-state index contributed by atoms with van der Waals surface area (Å²) in [5, 5.41) is 18.1. The third-order valence-electron chi connectivity index (χ3n) is 3.70. The first-order chi connectivity index (χ1) is 12.7. The van der Waals surface area contributed by atoms with Crippen LogP contribution in [0.3, 0.4) is 0 Å². The van der Waals surface area contributed by atoms with E-state index in [1.54, 1.807) is 0 Å². The Morgan fingerprint density at radius 1 is 1.26 bits per heavy atom. The van der Waals surface area contributed by atoms with Crippen molar-refractivity contribution in [2.24, 2.45) is 0 Å². The number of fused-ring (bicyclic) bond motifs is 1. The zero-order valence-corrected chi connectivity index (χ0v) is 13.5. The van der Waals surface area contributed by atoms with E-state index in [1.807, 2.05) is 0 Å². The van der Waals surface area contributed by atoms with Gasteiger partial charge in [-0.3, -0.25) is 9.81 Å². The minimum atomic E-state index is -4.50. The average molecular weight is 382 g/mol. The van der Waals surface area contributed by atoms with E-state index in [4.69, 9.17) is 10.5 Å². The Hall–Kier alpha value is -3.34. The predicted octanol–water partition coefficient (Wildman–Crippen LogP) is 1.74. The molecule has 0 aliphatic heterocycles. The van der Waals surface area contributed by atoms with Crippen LogP contribution < -0.4 is 5.32 Å². The van der Waals surface area contributed by atoms with E-state index in [0.717, 1.165) is 23.8 Å². The van der Waals surface area contributed by atoms with E-state index < -0.39 is 30.2 Å². The van der Waals surface area contributed by atoms with Crippen LogP contribution >= 0.6 is 0 Å². The van der Waals surface area contributed by atoms with E-state index in [0.29, 0.717) is 5.65 Å². The van der Waals surface area contributed by atoms with Crippen molar-refractivity contribution in [2.75, 3.05) is 6.54 Å². The van der Waals surface area contributed by atoms with Gasteiger partial charge in [0.05, 0.1) is 23.2 Å². The van der Waals surface area contributed by atoms with E-state index in [1.165, 1.54) is 22.7 Å². The SMILES string of the molecule is N=C(c1cnc(C(=O)O)cc1[NH2+]CC(F)(F)F)c1cnc2ccc(F)cn12. The van der Waals surface area contributed by atoms with Gasteiger partial charge < -0.3 is 10.4 Å². The molecule has 0 atom stereocenters. The third kappa shape index (κ3) is 3.92. The summed E-state index contributed by atoms with van der Waals surface area (Å²) in [7, 11) is 0. The van der Waals surface area contributed by atoms with Crippen LogP contribution in [0.1, 0.15) is 21.7 Å². The number of halogens is 4. The van der Waals surface area contributed by atoms with Crippen LogP contribution in [-0.2, 0) is 0 Å². The maximum absolute atomic E-state index is 13.5. The van der Waals surface area contributed by atoms with Crippen LogP contribution in [0.5, 0.6) is 0 Å². The van der Waals surface area contributed by atoms with Gasteiger partial charge in [-0.1, -0.05) is 0 Å². The Labute approximate surface area is 148 Å². The zero-order chi connectivity index (χ0) is 19.8. The molecule has 0 aromatic carbocycles. The van der Waals surface area contributed by atoms with Crippen LogP contribution in [0, 0.1) is 11.2 Å². The maximum Gasteiger partial charge on any atom is 0.438 e. The highest BCUT2D eigenvalue weighted by Gasteiger charge is 2.31. The first-order valence-corrected chi connectivity index (χ1v) is 7.51. The summed E-state index contributed by atoms with van der Waals surface area (Å²) in [5.41, 5.74) is -0.412. The average Bonchev–Trinajstić information content (AvgIpc) is 3.01. The number of carboxylic acid groups (broad SMARTS) is 1. The van der Waals surface area contributed by atoms with Gasteiger partial charge in [0.25, 0.3) is 0 Å². The number of imidazole rings is 1. The van der Waals surface area contributed by atoms with Crippen molar-refractivity contribution in [3.8, 4) is 0 Å². The molecule has 11 heteroatoms. The summed E-state index contributed by atoms with van der Waals surface area (Å²) in [4.78, 5) is 18.8. The van der Waals surface area contributed by atoms with Crippen molar-refractivity contribution < 1.29 is 32.8 Å². The van der Waals surface area contributed by atoms with Crippen molar-refractivity contribution >= 4 is 23.0 Å². The lowest BCUT2D eigenvalue weighted by atomic mass is 10.1. The Morgan fingerprint density at radius 3 is 2.67 bits per heavy atom. The molecule has 0 spiro atoms. The molecule has 0 bridgehead atoms. The Kier molecular flexibility index (Phi) is 4.62. The van der Waals surface area contributed by atoms with Crippen LogP contribution in [0.4, 0.5) is 23.2 Å². The topological polar surface area (TPSA) is 108 Å². The first kappa shape index (κ1) is 18.5. The number of hydrogen-bond acceptors (Lipinski definition) is 4. The van der Waals surface area contributed by atoms with Gasteiger partial charge in [0.15, 0.2) is 12.2 Å². The summed E-state index contributed by atoms with van der Waals surface area (Å²) >= 11 is 0. The molecular weight excluding hydrogens is 370 g/mol. The van der Waals surface area contributed by atoms with Crippen molar-refractivity contribution in [2.45, 2.75) is 6.18 Å². The minimum absolute atomic E-state index is 0.0321. The molecule has 0 unspecified atom stereocenters. The fourth-order valence-corrected chi connectivity index (χ4v) is 2.47. The first-order valence-electron chi connectivity index (χ1n) is 7.51. The predicted molar refractivity (Wildman–Crippen MR) is 84.8 cm³/mol. The molecule has 0 radical (unpaired) electrons. The second-order valence-corrected chi connectivity index (χ2v) is 5.58. The molecule has 0 fully saturated rings. The van der Waals surface area contributed by atoms with Gasteiger partial charge in [0.1, 0.15) is 17.2 Å². The molecule has 0 amide bonds. The maximum atomic E-state index is 13.5. The highest BCUT2D eigenvalue weighted by molar-refractivity contribution is 6.12. The quantitative estimate of drug-likeness (QED) is 0.461. The summed E-state index contributed by atoms with van der Waals surface area (Å²) in [5.74, 6) is -2.00. The number of carboxylic acids is 1. The van der Waals surface area contributed by atoms with Crippen LogP contribution in [0.15, 0.2) is 36.8 Å². The van der Waals surface area contributed by atoms with Gasteiger partial charge in [-0.15, -0.1) is 0 Å². The third-order valence-corrected chi connectivity index (χ3v) is 3.70. The highest BCUT2D eigenvalue weighted by Crippen LogP contribution is 2.19. The molecule has 3 rings (SSSR count). The van der Waals surface area contributed by atoms with Gasteiger partial charge in [-0.2, -0.15) is 13.2 Å². The Morgan fingerprint density at radius 2 is 2.00 bits per heavy atom. The summed E-state index contributed by atoms with van der Waals surface area (Å²) in [6.07, 6.45) is -1.13. The molecule has 0 saturated carbocycles. The Bertz CT molecular complexity index is 1040. The molecule has 3 aromatic rings. The zero-order valence-electron chi connectivity index (χ0n) is 13.5. The van der Waals surface area contributed by atoms with Crippen LogP contribution in [-0.4, -0.2) is 43.9 Å². The van der Waals surface area contributed by atoms with Crippen molar-refractivity contribution in [1.29, 1.82) is 5.41 Å². The number of aromatic nitrogens is 3. The molecule has 27 heavy (non-hydrogen) atoms. The fraction of sp³-hybridized carbons (Fsp3) is 0.125. The minimum Gasteiger partial charge on any atom is -0.477 e. The number of quaternary nitrogens is 1. The standard InChI is InChI=1S/C16H11F4N5O2/c17-8-1-2-13-23-5-12(25(13)6-8)14(21)9-4-22-11(15(26)27)3-10(9)24-7-16(18,19)20/h1-6,21H,7H2,(H,22,24)(H,26,27)/p+1. The fourth-order valence-electron chi connectivity index (χ4n) is 2.47. The van der Waals surface area contributed by atoms with Crippen molar-refractivity contribution in [3.05, 3.63) is 59.6 Å². The Balaban J connectivity index is 2.06. The second kappa shape index (κ2) is 6.76. The van der Waals surface area contributed by atoms with Crippen LogP contribution in [0.25, 0.3) is 5.65 Å². The molecule has 4 N–H and O–H groups in total. The van der Waals surface area contributed by atoms with Gasteiger partial charge in [0, 0.05) is 18.5 Å². The van der Waals surface area contributed by atoms with Crippen molar-refractivity contribution in [3.63, 3.8) is 0 Å². The van der Waals surface area contributed by atoms with Gasteiger partial charge >= 0.3 is 12.1 Å². The van der Waals surface area contributed by atoms with E-state index in [9.17, 15) is 22.4 Å². The number of carbonyl (C=O) groups is 1. The molecular formula is C16H12F4N5O2+. The monoisotopic (exact) mass is 382 g/mol. The number of aromatic carboxylic acids is 1. The number of nitrogens with zero attached hydrogens (tertiary/aromatic N) is 3. The molecule has 3 aromatic heterocycles. The normalized spacial score (nSPS) is 11.7. The lowest BCUT2D eigenvalue weighted by molar-refractivity contribution is -0.600. The molecule has 0 aliphatic carbocycles. The highest BCUT2D eigenvalue weighted by atomic mass is 19.4. The van der Waals surface area contributed by atoms with Crippen LogP contribution in [0.2, 0.25) is 0 Å². The van der Waals surface area contributed by atoms with Gasteiger partial charge in [-0.05, 0) is 12.1 Å². The summed E-state index contributed by atoms with van der Waals surface area (Å²) < 4.78 is 52.5. The van der Waals surface area contributed by atoms with E-state index in [2.05, 4.69) is 9.97 Å². The summed E-state index contributed by atoms with van der Waals surface area (Å²) in [6, 6.07) is 3.53. The van der Waals surface area contributed by atoms with Gasteiger partial charge in [-0.25, -0.2) is 19.2 Å². The van der Waals surface area contributed by atoms with E-state index in [-0.39, 0.29) is 22.7 Å². The number of nitrogens with one attached hydrogen (secondary N) is 1. The number of hydrogen-bond donors (Lipinski definition) is 3. The van der Waals surface area contributed by atoms with Gasteiger partial charge in [0.2, 0.25) is 0 Å². The van der Waals surface area contributed by atoms with Crippen molar-refractivity contribution in [1.82, 2.24) is 14.4 Å². The number of rotatable bonds is 5. The number of pyridine rings is 2. The second-order valence-electron chi connectivity index (χ2n) is 5.58. The molecule has 0 saturated heterocycles. The largest absolute Gasteiger partial charge is 0.477 e. The molecule has 3 heterocycles. The summed E-state index contributed by atoms with van der Waals surface area (Å²) in [6.45, 7) is -1.31. The smallest absolute Gasteiger partial charge is 0.438 e. The number of nitrogens with two attached hydrogens (primary N) is 1. The molecule has 7 nitrogen and oxygen atoms in total. The number of alkyl halides is 3. The lowest BCUT2D eigenvalue weighted by Gasteiger charge is -2.11. The lowest BCUT2D eigenvalue weighted by Crippen LogP contribution is -2.81.